The molecule has 2 aromatic rings. The van der Waals surface area contributed by atoms with Gasteiger partial charge in [0, 0.05) is 39.1 Å². The van der Waals surface area contributed by atoms with Crippen molar-refractivity contribution in [2.24, 2.45) is 4.99 Å². The van der Waals surface area contributed by atoms with E-state index in [1.165, 1.54) is 6.07 Å². The first-order valence-corrected chi connectivity index (χ1v) is 10.0. The predicted molar refractivity (Wildman–Crippen MR) is 108 cm³/mol. The van der Waals surface area contributed by atoms with Gasteiger partial charge < -0.3 is 19.8 Å². The van der Waals surface area contributed by atoms with Gasteiger partial charge in [0.1, 0.15) is 5.76 Å². The molecule has 3 rings (SSSR count). The summed E-state index contributed by atoms with van der Waals surface area (Å²) in [5.41, 5.74) is -0.159. The monoisotopic (exact) mass is 424 g/mol. The number of halogens is 3. The van der Waals surface area contributed by atoms with Gasteiger partial charge in [0.2, 0.25) is 0 Å². The number of hydrogen-bond donors (Lipinski definition) is 2. The van der Waals surface area contributed by atoms with Crippen LogP contribution < -0.4 is 10.6 Å². The zero-order valence-corrected chi connectivity index (χ0v) is 16.8. The molecule has 0 aliphatic carbocycles. The Balaban J connectivity index is 1.56. The van der Waals surface area contributed by atoms with Crippen LogP contribution in [0.2, 0.25) is 0 Å². The quantitative estimate of drug-likeness (QED) is 0.504. The maximum Gasteiger partial charge on any atom is 0.416 e. The van der Waals surface area contributed by atoms with Crippen molar-refractivity contribution in [2.45, 2.75) is 19.1 Å². The van der Waals surface area contributed by atoms with Crippen LogP contribution in [-0.2, 0) is 23.9 Å². The average Bonchev–Trinajstić information content (AvgIpc) is 3.25. The highest BCUT2D eigenvalue weighted by molar-refractivity contribution is 5.79. The summed E-state index contributed by atoms with van der Waals surface area (Å²) in [4.78, 5) is 6.77. The van der Waals surface area contributed by atoms with Crippen molar-refractivity contribution in [1.29, 1.82) is 0 Å². The van der Waals surface area contributed by atoms with Crippen LogP contribution in [0.4, 0.5) is 13.2 Å². The fourth-order valence-corrected chi connectivity index (χ4v) is 3.11. The lowest BCUT2D eigenvalue weighted by molar-refractivity contribution is -0.137. The Bertz CT molecular complexity index is 788. The van der Waals surface area contributed by atoms with E-state index in [-0.39, 0.29) is 6.54 Å². The summed E-state index contributed by atoms with van der Waals surface area (Å²) < 4.78 is 49.5. The van der Waals surface area contributed by atoms with E-state index < -0.39 is 11.7 Å². The molecule has 164 valence electrons. The lowest BCUT2D eigenvalue weighted by Gasteiger charge is -2.26. The van der Waals surface area contributed by atoms with Crippen LogP contribution in [0, 0.1) is 0 Å². The Morgan fingerprint density at radius 1 is 1.07 bits per heavy atom. The highest BCUT2D eigenvalue weighted by Crippen LogP contribution is 2.29. The lowest BCUT2D eigenvalue weighted by atomic mass is 10.1. The van der Waals surface area contributed by atoms with Gasteiger partial charge in [-0.15, -0.1) is 0 Å². The lowest BCUT2D eigenvalue weighted by Crippen LogP contribution is -2.44. The van der Waals surface area contributed by atoms with Crippen molar-refractivity contribution in [3.63, 3.8) is 0 Å². The smallest absolute Gasteiger partial charge is 0.416 e. The molecule has 1 aromatic heterocycles. The predicted octanol–water partition coefficient (Wildman–Crippen LogP) is 2.91. The van der Waals surface area contributed by atoms with Gasteiger partial charge in [-0.3, -0.25) is 4.90 Å². The second-order valence-electron chi connectivity index (χ2n) is 7.00. The Labute approximate surface area is 174 Å². The molecule has 0 amide bonds. The number of hydrogen-bond acceptors (Lipinski definition) is 4. The Hall–Kier alpha value is -2.52. The standard InChI is InChI=1S/C21H27F3N4O2/c22-21(23,24)18-4-1-3-17(15-18)16-27-20(25-7-6-19-5-2-12-30-19)26-8-9-28-10-13-29-14-11-28/h1-5,12,15H,6-11,13-14,16H2,(H2,25,26,27). The average molecular weight is 424 g/mol. The second kappa shape index (κ2) is 11.0. The number of aliphatic imine (C=N–C) groups is 1. The summed E-state index contributed by atoms with van der Waals surface area (Å²) in [7, 11) is 0. The minimum atomic E-state index is -4.36. The van der Waals surface area contributed by atoms with E-state index in [2.05, 4.69) is 20.5 Å². The molecule has 9 heteroatoms. The van der Waals surface area contributed by atoms with Gasteiger partial charge in [0.05, 0.1) is 31.6 Å². The SMILES string of the molecule is FC(F)(F)c1cccc(CN=C(NCCc2ccco2)NCCN2CCOCC2)c1. The van der Waals surface area contributed by atoms with Crippen molar-refractivity contribution in [1.82, 2.24) is 15.5 Å². The van der Waals surface area contributed by atoms with Crippen LogP contribution in [0.25, 0.3) is 0 Å². The maximum absolute atomic E-state index is 12.9. The fraction of sp³-hybridized carbons (Fsp3) is 0.476. The van der Waals surface area contributed by atoms with E-state index in [0.717, 1.165) is 50.7 Å². The van der Waals surface area contributed by atoms with Gasteiger partial charge in [0.15, 0.2) is 5.96 Å². The van der Waals surface area contributed by atoms with Crippen LogP contribution in [0.15, 0.2) is 52.1 Å². The van der Waals surface area contributed by atoms with Gasteiger partial charge in [-0.05, 0) is 29.8 Å². The second-order valence-corrected chi connectivity index (χ2v) is 7.00. The maximum atomic E-state index is 12.9. The van der Waals surface area contributed by atoms with Crippen molar-refractivity contribution < 1.29 is 22.3 Å². The summed E-state index contributed by atoms with van der Waals surface area (Å²) in [5, 5.41) is 6.49. The van der Waals surface area contributed by atoms with Gasteiger partial charge in [-0.25, -0.2) is 4.99 Å². The molecule has 6 nitrogen and oxygen atoms in total. The highest BCUT2D eigenvalue weighted by Gasteiger charge is 2.30. The van der Waals surface area contributed by atoms with Crippen LogP contribution in [-0.4, -0.2) is 56.8 Å². The Morgan fingerprint density at radius 3 is 2.60 bits per heavy atom. The van der Waals surface area contributed by atoms with E-state index in [0.29, 0.717) is 31.0 Å². The number of alkyl halides is 3. The summed E-state index contributed by atoms with van der Waals surface area (Å²) in [5.74, 6) is 1.42. The molecule has 1 fully saturated rings. The number of nitrogens with zero attached hydrogens (tertiary/aromatic N) is 2. The number of furan rings is 1. The molecule has 0 radical (unpaired) electrons. The molecule has 1 saturated heterocycles. The first-order valence-electron chi connectivity index (χ1n) is 10.0. The van der Waals surface area contributed by atoms with Crippen LogP contribution in [0.1, 0.15) is 16.9 Å². The zero-order valence-electron chi connectivity index (χ0n) is 16.8. The molecule has 1 aromatic carbocycles. The molecule has 1 aliphatic heterocycles. The largest absolute Gasteiger partial charge is 0.469 e. The van der Waals surface area contributed by atoms with Crippen molar-refractivity contribution in [2.75, 3.05) is 45.9 Å². The third-order valence-corrected chi connectivity index (χ3v) is 4.74. The van der Waals surface area contributed by atoms with E-state index in [1.807, 2.05) is 12.1 Å². The molecule has 30 heavy (non-hydrogen) atoms. The molecule has 0 atom stereocenters. The van der Waals surface area contributed by atoms with Crippen LogP contribution in [0.5, 0.6) is 0 Å². The number of morpholine rings is 1. The Morgan fingerprint density at radius 2 is 1.87 bits per heavy atom. The first-order chi connectivity index (χ1) is 14.5. The van der Waals surface area contributed by atoms with E-state index in [1.54, 1.807) is 12.3 Å². The number of benzene rings is 1. The van der Waals surface area contributed by atoms with Gasteiger partial charge in [-0.2, -0.15) is 13.2 Å². The Kier molecular flexibility index (Phi) is 8.15. The molecule has 0 bridgehead atoms. The molecule has 0 saturated carbocycles. The molecular formula is C21H27F3N4O2. The van der Waals surface area contributed by atoms with E-state index in [9.17, 15) is 13.2 Å². The number of ether oxygens (including phenoxy) is 1. The summed E-state index contributed by atoms with van der Waals surface area (Å²) in [6, 6.07) is 8.98. The third kappa shape index (κ3) is 7.38. The van der Waals surface area contributed by atoms with Gasteiger partial charge >= 0.3 is 6.18 Å². The molecule has 2 heterocycles. The summed E-state index contributed by atoms with van der Waals surface area (Å²) in [6.07, 6.45) is -2.06. The van der Waals surface area contributed by atoms with Gasteiger partial charge in [-0.1, -0.05) is 12.1 Å². The van der Waals surface area contributed by atoms with Gasteiger partial charge in [0.25, 0.3) is 0 Å². The fourth-order valence-electron chi connectivity index (χ4n) is 3.11. The van der Waals surface area contributed by atoms with E-state index >= 15 is 0 Å². The highest BCUT2D eigenvalue weighted by atomic mass is 19.4. The van der Waals surface area contributed by atoms with Crippen LogP contribution in [0.3, 0.4) is 0 Å². The topological polar surface area (TPSA) is 62.0 Å². The number of nitrogens with one attached hydrogen (secondary N) is 2. The molecular weight excluding hydrogens is 397 g/mol. The molecule has 2 N–H and O–H groups in total. The summed E-state index contributed by atoms with van der Waals surface area (Å²) >= 11 is 0. The minimum absolute atomic E-state index is 0.150. The van der Waals surface area contributed by atoms with Crippen LogP contribution >= 0.6 is 0 Å². The third-order valence-electron chi connectivity index (χ3n) is 4.74. The van der Waals surface area contributed by atoms with Crippen molar-refractivity contribution in [3.05, 3.63) is 59.5 Å². The van der Waals surface area contributed by atoms with Crippen molar-refractivity contribution >= 4 is 5.96 Å². The first kappa shape index (κ1) is 22.2. The number of rotatable bonds is 8. The minimum Gasteiger partial charge on any atom is -0.469 e. The molecule has 0 spiro atoms. The zero-order chi connectivity index (χ0) is 21.2. The number of guanidine groups is 1. The van der Waals surface area contributed by atoms with E-state index in [4.69, 9.17) is 9.15 Å². The molecule has 0 unspecified atom stereocenters. The van der Waals surface area contributed by atoms with Crippen molar-refractivity contribution in [3.8, 4) is 0 Å². The summed E-state index contributed by atoms with van der Waals surface area (Å²) in [6.45, 7) is 5.52. The normalized spacial score (nSPS) is 15.9. The molecule has 1 aliphatic rings.